The fraction of sp³-hybridized carbons (Fsp3) is 0.0476. The number of carbonyl (C=O) groups is 1. The fourth-order valence-corrected chi connectivity index (χ4v) is 3.12. The summed E-state index contributed by atoms with van der Waals surface area (Å²) in [5.41, 5.74) is 2.09. The van der Waals surface area contributed by atoms with Gasteiger partial charge in [0.1, 0.15) is 11.6 Å². The van der Waals surface area contributed by atoms with Crippen molar-refractivity contribution in [3.05, 3.63) is 82.5 Å². The molecule has 0 aliphatic heterocycles. The van der Waals surface area contributed by atoms with E-state index in [9.17, 15) is 10.1 Å². The van der Waals surface area contributed by atoms with Crippen LogP contribution in [-0.4, -0.2) is 10.5 Å². The third kappa shape index (κ3) is 3.90. The van der Waals surface area contributed by atoms with Gasteiger partial charge in [-0.3, -0.25) is 4.79 Å². The van der Waals surface area contributed by atoms with Crippen molar-refractivity contribution < 1.29 is 4.79 Å². The monoisotopic (exact) mass is 395 g/mol. The fourth-order valence-electron chi connectivity index (χ4n) is 2.77. The third-order valence-corrected chi connectivity index (χ3v) is 4.83. The summed E-state index contributed by atoms with van der Waals surface area (Å²) >= 11 is 12.1. The number of rotatable bonds is 5. The third-order valence-electron chi connectivity index (χ3n) is 4.01. The van der Waals surface area contributed by atoms with Crippen molar-refractivity contribution in [2.75, 3.05) is 5.32 Å². The van der Waals surface area contributed by atoms with Gasteiger partial charge in [0, 0.05) is 29.2 Å². The van der Waals surface area contributed by atoms with Gasteiger partial charge in [-0.05, 0) is 24.3 Å². The first-order chi connectivity index (χ1) is 13.0. The van der Waals surface area contributed by atoms with Crippen molar-refractivity contribution in [2.45, 2.75) is 6.54 Å². The van der Waals surface area contributed by atoms with Crippen molar-refractivity contribution in [1.82, 2.24) is 4.57 Å². The number of amides is 1. The number of aromatic nitrogens is 1. The minimum absolute atomic E-state index is 0.0347. The molecule has 1 heterocycles. The highest BCUT2D eigenvalue weighted by molar-refractivity contribution is 6.44. The Morgan fingerprint density at radius 3 is 2.74 bits per heavy atom. The first kappa shape index (κ1) is 18.8. The van der Waals surface area contributed by atoms with Crippen LogP contribution >= 0.6 is 23.2 Å². The normalized spacial score (nSPS) is 11.2. The molecule has 0 aliphatic carbocycles. The zero-order chi connectivity index (χ0) is 19.4. The second kappa shape index (κ2) is 8.13. The van der Waals surface area contributed by atoms with Gasteiger partial charge in [0.2, 0.25) is 0 Å². The minimum atomic E-state index is -0.554. The molecule has 27 heavy (non-hydrogen) atoms. The molecule has 0 saturated heterocycles. The molecule has 6 heteroatoms. The van der Waals surface area contributed by atoms with Crippen molar-refractivity contribution in [2.24, 2.45) is 0 Å². The average Bonchev–Trinajstić information content (AvgIpc) is 3.01. The Hall–Kier alpha value is -3.00. The molecule has 4 nitrogen and oxygen atoms in total. The number of nitrogens with one attached hydrogen (secondary N) is 1. The summed E-state index contributed by atoms with van der Waals surface area (Å²) in [4.78, 5) is 12.6. The molecule has 1 amide bonds. The number of anilines is 1. The first-order valence-corrected chi connectivity index (χ1v) is 8.86. The Balaban J connectivity index is 1.98. The average molecular weight is 396 g/mol. The number of para-hydroxylation sites is 1. The van der Waals surface area contributed by atoms with Gasteiger partial charge in [-0.15, -0.1) is 6.58 Å². The Bertz CT molecular complexity index is 1110. The van der Waals surface area contributed by atoms with Crippen LogP contribution in [-0.2, 0) is 11.3 Å². The summed E-state index contributed by atoms with van der Waals surface area (Å²) in [6.45, 7) is 4.39. The predicted octanol–water partition coefficient (Wildman–Crippen LogP) is 5.68. The van der Waals surface area contributed by atoms with Gasteiger partial charge < -0.3 is 9.88 Å². The maximum absolute atomic E-state index is 12.6. The number of halogens is 2. The maximum Gasteiger partial charge on any atom is 0.266 e. The highest BCUT2D eigenvalue weighted by Crippen LogP contribution is 2.30. The number of fused-ring (bicyclic) bond motifs is 1. The van der Waals surface area contributed by atoms with Crippen LogP contribution in [0.15, 0.2) is 66.9 Å². The van der Waals surface area contributed by atoms with Crippen molar-refractivity contribution in [3.8, 4) is 6.07 Å². The van der Waals surface area contributed by atoms with Gasteiger partial charge in [-0.25, -0.2) is 0 Å². The highest BCUT2D eigenvalue weighted by atomic mass is 35.5. The zero-order valence-electron chi connectivity index (χ0n) is 14.2. The molecule has 134 valence electrons. The summed E-state index contributed by atoms with van der Waals surface area (Å²) < 4.78 is 2.01. The van der Waals surface area contributed by atoms with E-state index in [2.05, 4.69) is 11.9 Å². The molecular weight excluding hydrogens is 381 g/mol. The smallest absolute Gasteiger partial charge is 0.266 e. The first-order valence-electron chi connectivity index (χ1n) is 8.11. The van der Waals surface area contributed by atoms with E-state index in [1.54, 1.807) is 30.4 Å². The molecule has 0 radical (unpaired) electrons. The second-order valence-corrected chi connectivity index (χ2v) is 6.55. The lowest BCUT2D eigenvalue weighted by Gasteiger charge is -2.07. The quantitative estimate of drug-likeness (QED) is 0.343. The van der Waals surface area contributed by atoms with E-state index in [0.717, 1.165) is 16.5 Å². The molecule has 2 aromatic carbocycles. The Morgan fingerprint density at radius 2 is 2.00 bits per heavy atom. The molecule has 0 spiro atoms. The van der Waals surface area contributed by atoms with Gasteiger partial charge in [0.25, 0.3) is 5.91 Å². The number of hydrogen-bond acceptors (Lipinski definition) is 2. The van der Waals surface area contributed by atoms with E-state index in [1.807, 2.05) is 41.1 Å². The molecule has 0 aliphatic rings. The van der Waals surface area contributed by atoms with Crippen LogP contribution in [0.5, 0.6) is 0 Å². The van der Waals surface area contributed by atoms with Crippen LogP contribution in [0.25, 0.3) is 17.0 Å². The van der Waals surface area contributed by atoms with E-state index in [4.69, 9.17) is 23.2 Å². The van der Waals surface area contributed by atoms with E-state index in [1.165, 1.54) is 0 Å². The predicted molar refractivity (Wildman–Crippen MR) is 111 cm³/mol. The highest BCUT2D eigenvalue weighted by Gasteiger charge is 2.14. The summed E-state index contributed by atoms with van der Waals surface area (Å²) in [5, 5.41) is 13.6. The molecule has 3 aromatic rings. The van der Waals surface area contributed by atoms with Crippen LogP contribution in [0, 0.1) is 11.3 Å². The number of hydrogen-bond donors (Lipinski definition) is 1. The Morgan fingerprint density at radius 1 is 1.22 bits per heavy atom. The molecule has 1 aromatic heterocycles. The number of benzene rings is 2. The molecule has 1 N–H and O–H groups in total. The molecule has 3 rings (SSSR count). The topological polar surface area (TPSA) is 57.8 Å². The molecule has 0 saturated carbocycles. The van der Waals surface area contributed by atoms with Gasteiger partial charge >= 0.3 is 0 Å². The van der Waals surface area contributed by atoms with Crippen LogP contribution in [0.2, 0.25) is 10.0 Å². The zero-order valence-corrected chi connectivity index (χ0v) is 15.8. The van der Waals surface area contributed by atoms with Crippen LogP contribution < -0.4 is 5.32 Å². The second-order valence-electron chi connectivity index (χ2n) is 5.77. The number of nitriles is 1. The van der Waals surface area contributed by atoms with Crippen molar-refractivity contribution in [1.29, 1.82) is 5.26 Å². The van der Waals surface area contributed by atoms with Gasteiger partial charge in [-0.1, -0.05) is 53.5 Å². The lowest BCUT2D eigenvalue weighted by Crippen LogP contribution is -2.13. The molecule has 0 atom stereocenters. The van der Waals surface area contributed by atoms with Crippen LogP contribution in [0.1, 0.15) is 5.56 Å². The number of allylic oxidation sites excluding steroid dienone is 1. The van der Waals surface area contributed by atoms with Gasteiger partial charge in [0.05, 0.1) is 15.7 Å². The van der Waals surface area contributed by atoms with Crippen LogP contribution in [0.4, 0.5) is 5.69 Å². The largest absolute Gasteiger partial charge is 0.343 e. The summed E-state index contributed by atoms with van der Waals surface area (Å²) in [6.07, 6.45) is 5.25. The SMILES string of the molecule is C=CCn1cc(/C=C(/C#N)C(=O)Nc2cccc(Cl)c2Cl)c2ccccc21. The molecule has 0 fully saturated rings. The van der Waals surface area contributed by atoms with Crippen molar-refractivity contribution in [3.63, 3.8) is 0 Å². The lowest BCUT2D eigenvalue weighted by atomic mass is 10.1. The van der Waals surface area contributed by atoms with E-state index in [0.29, 0.717) is 17.3 Å². The summed E-state index contributed by atoms with van der Waals surface area (Å²) in [5.74, 6) is -0.554. The van der Waals surface area contributed by atoms with Crippen molar-refractivity contribution >= 4 is 51.8 Å². The van der Waals surface area contributed by atoms with E-state index in [-0.39, 0.29) is 10.6 Å². The number of nitrogens with zero attached hydrogens (tertiary/aromatic N) is 2. The lowest BCUT2D eigenvalue weighted by molar-refractivity contribution is -0.112. The standard InChI is InChI=1S/C21H15Cl2N3O/c1-2-10-26-13-15(16-6-3-4-9-19(16)26)11-14(12-24)21(27)25-18-8-5-7-17(22)20(18)23/h2-9,11,13H,1,10H2,(H,25,27)/b14-11-. The summed E-state index contributed by atoms with van der Waals surface area (Å²) in [6, 6.07) is 14.6. The number of carbonyl (C=O) groups excluding carboxylic acids is 1. The van der Waals surface area contributed by atoms with Gasteiger partial charge in [-0.2, -0.15) is 5.26 Å². The maximum atomic E-state index is 12.6. The van der Waals surface area contributed by atoms with Gasteiger partial charge in [0.15, 0.2) is 0 Å². The molecule has 0 bridgehead atoms. The minimum Gasteiger partial charge on any atom is -0.343 e. The molecular formula is C21H15Cl2N3O. The van der Waals surface area contributed by atoms with E-state index >= 15 is 0 Å². The summed E-state index contributed by atoms with van der Waals surface area (Å²) in [7, 11) is 0. The van der Waals surface area contributed by atoms with Crippen LogP contribution in [0.3, 0.4) is 0 Å². The Kier molecular flexibility index (Phi) is 5.66. The van der Waals surface area contributed by atoms with E-state index < -0.39 is 5.91 Å². The Labute approximate surface area is 166 Å². The molecule has 0 unspecified atom stereocenters.